The van der Waals surface area contributed by atoms with Gasteiger partial charge in [0, 0.05) is 22.5 Å². The Kier molecular flexibility index (Phi) is 7.38. The molecule has 7 heteroatoms. The lowest BCUT2D eigenvalue weighted by atomic mass is 10.2. The summed E-state index contributed by atoms with van der Waals surface area (Å²) < 4.78 is 0.981. The van der Waals surface area contributed by atoms with Crippen molar-refractivity contribution in [1.29, 1.82) is 0 Å². The maximum Gasteiger partial charge on any atom is 0.159 e. The highest BCUT2D eigenvalue weighted by molar-refractivity contribution is 9.10. The lowest BCUT2D eigenvalue weighted by Crippen LogP contribution is -2.26. The van der Waals surface area contributed by atoms with Gasteiger partial charge in [0.2, 0.25) is 0 Å². The van der Waals surface area contributed by atoms with E-state index >= 15 is 0 Å². The molecule has 3 N–H and O–H groups in total. The van der Waals surface area contributed by atoms with Crippen LogP contribution >= 0.6 is 27.7 Å². The van der Waals surface area contributed by atoms with Crippen molar-refractivity contribution in [1.82, 2.24) is 9.97 Å². The van der Waals surface area contributed by atoms with Crippen LogP contribution in [0.15, 0.2) is 27.6 Å². The number of nitrogens with one attached hydrogen (secondary N) is 1. The zero-order chi connectivity index (χ0) is 18.4. The minimum absolute atomic E-state index is 0.587. The maximum atomic E-state index is 6.41. The molecule has 1 aromatic heterocycles. The fourth-order valence-electron chi connectivity index (χ4n) is 2.52. The summed E-state index contributed by atoms with van der Waals surface area (Å²) in [7, 11) is 0. The molecule has 0 aliphatic heterocycles. The molecule has 0 fully saturated rings. The molecule has 2 rings (SSSR count). The van der Waals surface area contributed by atoms with Gasteiger partial charge in [0.25, 0.3) is 0 Å². The summed E-state index contributed by atoms with van der Waals surface area (Å²) in [5.41, 5.74) is 7.93. The van der Waals surface area contributed by atoms with E-state index < -0.39 is 0 Å². The number of aromatic nitrogens is 2. The molecule has 2 aromatic rings. The zero-order valence-electron chi connectivity index (χ0n) is 15.3. The first-order chi connectivity index (χ1) is 12.0. The number of unbranched alkanes of at least 4 members (excludes halogenated alkanes) is 1. The van der Waals surface area contributed by atoms with Crippen molar-refractivity contribution in [3.05, 3.63) is 28.5 Å². The number of nitrogens with two attached hydrogens (primary N) is 1. The number of anilines is 4. The highest BCUT2D eigenvalue weighted by Gasteiger charge is 2.16. The zero-order valence-corrected chi connectivity index (χ0v) is 17.7. The molecule has 0 saturated heterocycles. The summed E-state index contributed by atoms with van der Waals surface area (Å²) in [4.78, 5) is 12.5. The van der Waals surface area contributed by atoms with Crippen LogP contribution in [0.3, 0.4) is 0 Å². The van der Waals surface area contributed by atoms with Gasteiger partial charge in [-0.15, -0.1) is 11.8 Å². The Hall–Kier alpha value is -1.47. The van der Waals surface area contributed by atoms with E-state index in [1.807, 2.05) is 13.0 Å². The van der Waals surface area contributed by atoms with Crippen LogP contribution in [-0.2, 0) is 0 Å². The van der Waals surface area contributed by atoms with Crippen LogP contribution in [0, 0.1) is 6.92 Å². The van der Waals surface area contributed by atoms with Gasteiger partial charge < -0.3 is 16.0 Å². The second-order valence-corrected chi connectivity index (χ2v) is 7.49. The molecule has 0 saturated carbocycles. The topological polar surface area (TPSA) is 67.1 Å². The van der Waals surface area contributed by atoms with Crippen LogP contribution in [0.25, 0.3) is 0 Å². The van der Waals surface area contributed by atoms with E-state index in [1.165, 1.54) is 4.90 Å². The monoisotopic (exact) mass is 423 g/mol. The van der Waals surface area contributed by atoms with Crippen molar-refractivity contribution < 1.29 is 0 Å². The maximum absolute atomic E-state index is 6.41. The minimum Gasteiger partial charge on any atom is -0.393 e. The molecule has 0 aliphatic rings. The highest BCUT2D eigenvalue weighted by Crippen LogP contribution is 2.33. The lowest BCUT2D eigenvalue weighted by Gasteiger charge is -2.24. The molecular weight excluding hydrogens is 398 g/mol. The van der Waals surface area contributed by atoms with E-state index in [0.29, 0.717) is 17.3 Å². The number of halogens is 1. The quantitative estimate of drug-likeness (QED) is 0.567. The normalized spacial score (nSPS) is 10.8. The van der Waals surface area contributed by atoms with Gasteiger partial charge in [-0.1, -0.05) is 13.3 Å². The number of nitrogen functional groups attached to an aromatic ring is 1. The summed E-state index contributed by atoms with van der Waals surface area (Å²) in [5.74, 6) is 2.16. The first kappa shape index (κ1) is 19.8. The van der Waals surface area contributed by atoms with Crippen molar-refractivity contribution in [2.24, 2.45) is 0 Å². The molecule has 0 amide bonds. The average molecular weight is 424 g/mol. The van der Waals surface area contributed by atoms with Gasteiger partial charge in [-0.05, 0) is 60.7 Å². The minimum atomic E-state index is 0.587. The van der Waals surface area contributed by atoms with E-state index in [1.54, 1.807) is 11.8 Å². The smallest absolute Gasteiger partial charge is 0.159 e. The number of aryl methyl sites for hydroxylation is 1. The molecule has 0 atom stereocenters. The van der Waals surface area contributed by atoms with Gasteiger partial charge in [0.1, 0.15) is 11.5 Å². The predicted molar refractivity (Wildman–Crippen MR) is 113 cm³/mol. The second-order valence-electron chi connectivity index (χ2n) is 5.76. The molecule has 0 aliphatic carbocycles. The van der Waals surface area contributed by atoms with Gasteiger partial charge in [0.05, 0.1) is 5.69 Å². The fraction of sp³-hybridized carbons (Fsp3) is 0.444. The molecule has 0 bridgehead atoms. The molecule has 0 spiro atoms. The van der Waals surface area contributed by atoms with Gasteiger partial charge >= 0.3 is 0 Å². The third kappa shape index (κ3) is 5.01. The second kappa shape index (κ2) is 9.29. The molecule has 136 valence electrons. The number of hydrogen-bond acceptors (Lipinski definition) is 6. The molecule has 1 aromatic carbocycles. The van der Waals surface area contributed by atoms with Crippen molar-refractivity contribution in [3.63, 3.8) is 0 Å². The number of benzene rings is 1. The summed E-state index contributed by atoms with van der Waals surface area (Å²) in [6, 6.07) is 6.18. The van der Waals surface area contributed by atoms with Crippen molar-refractivity contribution in [3.8, 4) is 0 Å². The molecule has 5 nitrogen and oxygen atoms in total. The van der Waals surface area contributed by atoms with Crippen molar-refractivity contribution in [2.75, 3.05) is 35.3 Å². The summed E-state index contributed by atoms with van der Waals surface area (Å²) in [6.07, 6.45) is 4.31. The van der Waals surface area contributed by atoms with Crippen LogP contribution < -0.4 is 16.0 Å². The van der Waals surface area contributed by atoms with E-state index in [-0.39, 0.29) is 0 Å². The fourth-order valence-corrected chi connectivity index (χ4v) is 3.59. The highest BCUT2D eigenvalue weighted by atomic mass is 79.9. The Balaban J connectivity index is 2.35. The van der Waals surface area contributed by atoms with Crippen LogP contribution in [-0.4, -0.2) is 29.3 Å². The summed E-state index contributed by atoms with van der Waals surface area (Å²) >= 11 is 5.32. The lowest BCUT2D eigenvalue weighted by molar-refractivity contribution is 0.722. The Bertz CT molecular complexity index is 723. The molecule has 0 unspecified atom stereocenters. The number of thioether (sulfide) groups is 1. The number of hydrogen-bond donors (Lipinski definition) is 2. The van der Waals surface area contributed by atoms with Gasteiger partial charge in [-0.25, -0.2) is 9.97 Å². The molecule has 25 heavy (non-hydrogen) atoms. The number of nitrogens with zero attached hydrogens (tertiary/aromatic N) is 3. The van der Waals surface area contributed by atoms with Crippen LogP contribution in [0.2, 0.25) is 0 Å². The third-order valence-corrected chi connectivity index (χ3v) is 5.31. The molecular formula is C18H26BrN5S. The van der Waals surface area contributed by atoms with Gasteiger partial charge in [-0.2, -0.15) is 0 Å². The largest absolute Gasteiger partial charge is 0.393 e. The van der Waals surface area contributed by atoms with E-state index in [2.05, 4.69) is 68.4 Å². The van der Waals surface area contributed by atoms with Crippen molar-refractivity contribution >= 4 is 50.7 Å². The Labute approximate surface area is 162 Å². The average Bonchev–Trinajstić information content (AvgIpc) is 2.60. The van der Waals surface area contributed by atoms with Gasteiger partial charge in [0.15, 0.2) is 11.6 Å². The summed E-state index contributed by atoms with van der Waals surface area (Å²) in [5, 5.41) is 3.35. The predicted octanol–water partition coefficient (Wildman–Crippen LogP) is 5.22. The Morgan fingerprint density at radius 3 is 2.64 bits per heavy atom. The number of rotatable bonds is 8. The Morgan fingerprint density at radius 1 is 1.28 bits per heavy atom. The van der Waals surface area contributed by atoms with E-state index in [0.717, 1.165) is 41.9 Å². The summed E-state index contributed by atoms with van der Waals surface area (Å²) in [6.45, 7) is 8.02. The molecule has 1 heterocycles. The van der Waals surface area contributed by atoms with Crippen LogP contribution in [0.1, 0.15) is 32.5 Å². The van der Waals surface area contributed by atoms with E-state index in [4.69, 9.17) is 5.73 Å². The van der Waals surface area contributed by atoms with Gasteiger partial charge in [-0.3, -0.25) is 0 Å². The van der Waals surface area contributed by atoms with Crippen LogP contribution in [0.4, 0.5) is 23.0 Å². The van der Waals surface area contributed by atoms with E-state index in [9.17, 15) is 0 Å². The molecule has 0 radical (unpaired) electrons. The van der Waals surface area contributed by atoms with Crippen molar-refractivity contribution in [2.45, 2.75) is 38.5 Å². The van der Waals surface area contributed by atoms with Crippen LogP contribution in [0.5, 0.6) is 0 Å². The SMILES string of the molecule is CCCCN(CC)c1nc(C)nc(Nc2ccc(SC)cc2Br)c1N. The first-order valence-corrected chi connectivity index (χ1v) is 10.5. The first-order valence-electron chi connectivity index (χ1n) is 8.49. The standard InChI is InChI=1S/C18H26BrN5S/c1-5-7-10-24(6-2)18-16(20)17(21-12(3)22-18)23-15-9-8-13(25-4)11-14(15)19/h8-9,11H,5-7,10,20H2,1-4H3,(H,21,22,23). The third-order valence-electron chi connectivity index (χ3n) is 3.93. The Morgan fingerprint density at radius 2 is 2.04 bits per heavy atom.